The monoisotopic (exact) mass is 320 g/mol. The van der Waals surface area contributed by atoms with Crippen molar-refractivity contribution in [2.24, 2.45) is 0 Å². The summed E-state index contributed by atoms with van der Waals surface area (Å²) in [4.78, 5) is 28.9. The second-order valence-electron chi connectivity index (χ2n) is 5.20. The Morgan fingerprint density at radius 2 is 2.13 bits per heavy atom. The zero-order valence-electron chi connectivity index (χ0n) is 12.7. The number of esters is 1. The number of carbonyl (C=O) groups is 1. The van der Waals surface area contributed by atoms with Crippen LogP contribution in [0.5, 0.6) is 0 Å². The van der Waals surface area contributed by atoms with Crippen molar-refractivity contribution in [3.63, 3.8) is 0 Å². The molecule has 7 heteroatoms. The number of halogens is 1. The molecule has 1 aromatic heterocycles. The number of fused-ring (bicyclic) bond motifs is 1. The minimum absolute atomic E-state index is 0.0844. The Hall–Kier alpha value is -2.41. The molecule has 1 N–H and O–H groups in total. The van der Waals surface area contributed by atoms with Gasteiger partial charge in [0.2, 0.25) is 5.43 Å². The van der Waals surface area contributed by atoms with Crippen LogP contribution >= 0.6 is 0 Å². The van der Waals surface area contributed by atoms with E-state index in [2.05, 4.69) is 4.98 Å². The Kier molecular flexibility index (Phi) is 4.29. The van der Waals surface area contributed by atoms with E-state index in [9.17, 15) is 14.0 Å². The minimum atomic E-state index is -0.687. The van der Waals surface area contributed by atoms with Crippen LogP contribution in [-0.4, -0.2) is 43.9 Å². The Morgan fingerprint density at radius 3 is 2.83 bits per heavy atom. The van der Waals surface area contributed by atoms with Crippen LogP contribution in [0, 0.1) is 5.82 Å². The number of pyridine rings is 1. The maximum Gasteiger partial charge on any atom is 0.343 e. The number of rotatable bonds is 3. The van der Waals surface area contributed by atoms with E-state index in [1.54, 1.807) is 6.92 Å². The van der Waals surface area contributed by atoms with Crippen molar-refractivity contribution in [2.45, 2.75) is 6.92 Å². The zero-order chi connectivity index (χ0) is 16.4. The topological polar surface area (TPSA) is 71.6 Å². The molecular formula is C16H17FN2O4. The molecule has 1 fully saturated rings. The van der Waals surface area contributed by atoms with E-state index in [1.807, 2.05) is 4.90 Å². The summed E-state index contributed by atoms with van der Waals surface area (Å²) < 4.78 is 24.4. The van der Waals surface area contributed by atoms with Crippen molar-refractivity contribution in [3.05, 3.63) is 39.9 Å². The number of H-pyrrole nitrogens is 1. The van der Waals surface area contributed by atoms with E-state index < -0.39 is 17.2 Å². The summed E-state index contributed by atoms with van der Waals surface area (Å²) in [6.07, 6.45) is 1.26. The van der Waals surface area contributed by atoms with Gasteiger partial charge in [0.25, 0.3) is 0 Å². The van der Waals surface area contributed by atoms with Crippen LogP contribution < -0.4 is 10.3 Å². The van der Waals surface area contributed by atoms with Gasteiger partial charge in [-0.1, -0.05) is 0 Å². The molecule has 0 saturated carbocycles. The van der Waals surface area contributed by atoms with Gasteiger partial charge in [-0.2, -0.15) is 0 Å². The van der Waals surface area contributed by atoms with Crippen molar-refractivity contribution in [1.82, 2.24) is 4.98 Å². The molecule has 0 amide bonds. The number of benzene rings is 1. The van der Waals surface area contributed by atoms with Gasteiger partial charge in [0.15, 0.2) is 0 Å². The van der Waals surface area contributed by atoms with Gasteiger partial charge in [-0.3, -0.25) is 4.79 Å². The number of aromatic nitrogens is 1. The van der Waals surface area contributed by atoms with E-state index in [-0.39, 0.29) is 17.6 Å². The summed E-state index contributed by atoms with van der Waals surface area (Å²) >= 11 is 0. The largest absolute Gasteiger partial charge is 0.462 e. The first-order chi connectivity index (χ1) is 11.1. The fourth-order valence-corrected chi connectivity index (χ4v) is 2.64. The molecule has 1 aliphatic heterocycles. The third kappa shape index (κ3) is 2.92. The lowest BCUT2D eigenvalue weighted by molar-refractivity contribution is 0.0524. The van der Waals surface area contributed by atoms with E-state index >= 15 is 0 Å². The lowest BCUT2D eigenvalue weighted by Crippen LogP contribution is -2.36. The highest BCUT2D eigenvalue weighted by Crippen LogP contribution is 2.24. The predicted molar refractivity (Wildman–Crippen MR) is 83.5 cm³/mol. The van der Waals surface area contributed by atoms with Crippen molar-refractivity contribution in [1.29, 1.82) is 0 Å². The molecule has 2 heterocycles. The van der Waals surface area contributed by atoms with Gasteiger partial charge in [-0.15, -0.1) is 0 Å². The Labute approximate surface area is 131 Å². The van der Waals surface area contributed by atoms with Crippen LogP contribution in [0.3, 0.4) is 0 Å². The Morgan fingerprint density at radius 1 is 1.39 bits per heavy atom. The molecule has 1 aliphatic rings. The van der Waals surface area contributed by atoms with E-state index in [4.69, 9.17) is 9.47 Å². The van der Waals surface area contributed by atoms with E-state index in [1.165, 1.54) is 18.3 Å². The van der Waals surface area contributed by atoms with Crippen LogP contribution in [0.4, 0.5) is 10.1 Å². The smallest absolute Gasteiger partial charge is 0.343 e. The molecule has 23 heavy (non-hydrogen) atoms. The van der Waals surface area contributed by atoms with Crippen molar-refractivity contribution in [2.75, 3.05) is 37.8 Å². The van der Waals surface area contributed by atoms with Crippen LogP contribution in [0.25, 0.3) is 10.9 Å². The van der Waals surface area contributed by atoms with Crippen LogP contribution in [0.1, 0.15) is 17.3 Å². The molecule has 6 nitrogen and oxygen atoms in total. The second kappa shape index (κ2) is 6.37. The molecular weight excluding hydrogens is 303 g/mol. The Balaban J connectivity index is 2.10. The Bertz CT molecular complexity index is 797. The molecule has 0 aliphatic carbocycles. The first kappa shape index (κ1) is 15.5. The standard InChI is InChI=1S/C16H17FN2O4/c1-2-23-16(21)11-9-18-13-8-12(17)14(7-10(13)15(11)20)19-3-5-22-6-4-19/h7-9H,2-6H2,1H3,(H,18,20). The summed E-state index contributed by atoms with van der Waals surface area (Å²) in [6, 6.07) is 2.76. The maximum atomic E-state index is 14.3. The van der Waals surface area contributed by atoms with Crippen LogP contribution in [0.2, 0.25) is 0 Å². The molecule has 1 saturated heterocycles. The van der Waals surface area contributed by atoms with Crippen molar-refractivity contribution in [3.8, 4) is 0 Å². The second-order valence-corrected chi connectivity index (χ2v) is 5.20. The van der Waals surface area contributed by atoms with Gasteiger partial charge in [0.1, 0.15) is 11.4 Å². The van der Waals surface area contributed by atoms with Crippen LogP contribution in [0.15, 0.2) is 23.1 Å². The van der Waals surface area contributed by atoms with Gasteiger partial charge < -0.3 is 19.4 Å². The molecule has 1 aromatic carbocycles. The van der Waals surface area contributed by atoms with E-state index in [0.29, 0.717) is 37.5 Å². The number of nitrogens with one attached hydrogen (secondary N) is 1. The number of hydrogen-bond acceptors (Lipinski definition) is 5. The first-order valence-corrected chi connectivity index (χ1v) is 7.46. The summed E-state index contributed by atoms with van der Waals surface area (Å²) in [6.45, 7) is 3.97. The number of nitrogens with zero attached hydrogens (tertiary/aromatic N) is 1. The SMILES string of the molecule is CCOC(=O)c1c[nH]c2cc(F)c(N3CCOCC3)cc2c1=O. The molecule has 2 aromatic rings. The molecule has 0 radical (unpaired) electrons. The first-order valence-electron chi connectivity index (χ1n) is 7.46. The molecule has 0 atom stereocenters. The number of aromatic amines is 1. The average Bonchev–Trinajstić information content (AvgIpc) is 2.55. The summed E-state index contributed by atoms with van der Waals surface area (Å²) in [5.74, 6) is -1.10. The third-order valence-electron chi connectivity index (χ3n) is 3.80. The normalized spacial score (nSPS) is 15.0. The van der Waals surface area contributed by atoms with Crippen molar-refractivity contribution < 1.29 is 18.7 Å². The number of ether oxygens (including phenoxy) is 2. The van der Waals surface area contributed by atoms with Gasteiger partial charge in [-0.05, 0) is 13.0 Å². The van der Waals surface area contributed by atoms with Crippen molar-refractivity contribution >= 4 is 22.6 Å². The lowest BCUT2D eigenvalue weighted by atomic mass is 10.1. The summed E-state index contributed by atoms with van der Waals surface area (Å²) in [7, 11) is 0. The van der Waals surface area contributed by atoms with Gasteiger partial charge in [-0.25, -0.2) is 9.18 Å². The highest BCUT2D eigenvalue weighted by molar-refractivity contribution is 5.94. The fourth-order valence-electron chi connectivity index (χ4n) is 2.64. The molecule has 0 unspecified atom stereocenters. The highest BCUT2D eigenvalue weighted by Gasteiger charge is 2.19. The zero-order valence-corrected chi connectivity index (χ0v) is 12.7. The summed E-state index contributed by atoms with van der Waals surface area (Å²) in [5.41, 5.74) is 0.135. The van der Waals surface area contributed by atoms with Crippen LogP contribution in [-0.2, 0) is 9.47 Å². The number of morpholine rings is 1. The molecule has 3 rings (SSSR count). The fraction of sp³-hybridized carbons (Fsp3) is 0.375. The maximum absolute atomic E-state index is 14.3. The number of anilines is 1. The van der Waals surface area contributed by atoms with E-state index in [0.717, 1.165) is 0 Å². The third-order valence-corrected chi connectivity index (χ3v) is 3.80. The van der Waals surface area contributed by atoms with Gasteiger partial charge in [0, 0.05) is 30.7 Å². The number of carbonyl (C=O) groups excluding carboxylic acids is 1. The molecule has 0 spiro atoms. The van der Waals surface area contributed by atoms with Gasteiger partial charge in [0.05, 0.1) is 31.0 Å². The highest BCUT2D eigenvalue weighted by atomic mass is 19.1. The minimum Gasteiger partial charge on any atom is -0.462 e. The average molecular weight is 320 g/mol. The summed E-state index contributed by atoms with van der Waals surface area (Å²) in [5, 5.41) is 0.262. The van der Waals surface area contributed by atoms with Gasteiger partial charge >= 0.3 is 5.97 Å². The number of hydrogen-bond donors (Lipinski definition) is 1. The molecule has 0 bridgehead atoms. The lowest BCUT2D eigenvalue weighted by Gasteiger charge is -2.29. The quantitative estimate of drug-likeness (QED) is 0.871. The molecule has 122 valence electrons. The predicted octanol–water partition coefficient (Wildman–Crippen LogP) is 1.68.